The number of hydrogen-bond acceptors (Lipinski definition) is 4. The van der Waals surface area contributed by atoms with Crippen molar-refractivity contribution in [3.63, 3.8) is 0 Å². The minimum Gasteiger partial charge on any atom is -0.430 e. The molecule has 0 aromatic heterocycles. The van der Waals surface area contributed by atoms with Crippen molar-refractivity contribution in [2.24, 2.45) is 13.5 Å². The van der Waals surface area contributed by atoms with Gasteiger partial charge in [-0.3, -0.25) is 0 Å². The van der Waals surface area contributed by atoms with Gasteiger partial charge < -0.3 is 4.52 Å². The second kappa shape index (κ2) is 6.23. The molecule has 0 spiro atoms. The topological polar surface area (TPSA) is 46.3 Å². The van der Waals surface area contributed by atoms with E-state index in [4.69, 9.17) is 60.7 Å². The number of rotatable bonds is 2. The predicted molar refractivity (Wildman–Crippen MR) is 98.6 cm³/mol. The molecule has 1 aliphatic heterocycles. The van der Waals surface area contributed by atoms with E-state index in [1.165, 1.54) is 0 Å². The number of aryl methyl sites for hydroxylation is 3. The fourth-order valence-electron chi connectivity index (χ4n) is 1.91. The van der Waals surface area contributed by atoms with Crippen LogP contribution in [-0.2, 0) is 0 Å². The van der Waals surface area contributed by atoms with Gasteiger partial charge in [0.15, 0.2) is 0 Å². The van der Waals surface area contributed by atoms with Gasteiger partial charge in [-0.05, 0) is 88.1 Å². The van der Waals surface area contributed by atoms with Crippen molar-refractivity contribution < 1.29 is 4.52 Å². The number of benzene rings is 1. The van der Waals surface area contributed by atoms with E-state index in [1.54, 1.807) is 0 Å². The summed E-state index contributed by atoms with van der Waals surface area (Å²) in [5.74, 6) is -5.57. The average Bonchev–Trinajstić information content (AvgIpc) is 2.17. The first-order valence-corrected chi connectivity index (χ1v) is 15.1. The van der Waals surface area contributed by atoms with E-state index in [2.05, 4.69) is 13.5 Å². The summed E-state index contributed by atoms with van der Waals surface area (Å²) in [6.45, 7) is 2.60. The Bertz CT molecular complexity index is 735. The second-order valence-corrected chi connectivity index (χ2v) is 17.6. The third kappa shape index (κ3) is 4.82. The number of hydrogen-bond donors (Lipinski definition) is 0. The Hall–Kier alpha value is 1.16. The summed E-state index contributed by atoms with van der Waals surface area (Å²) in [6.07, 6.45) is 0. The molecule has 4 nitrogen and oxygen atoms in total. The quantitative estimate of drug-likeness (QED) is 0.417. The van der Waals surface area contributed by atoms with E-state index < -0.39 is 18.6 Å². The van der Waals surface area contributed by atoms with Gasteiger partial charge in [0.1, 0.15) is 5.75 Å². The molecule has 0 fully saturated rings. The Morgan fingerprint density at radius 2 is 1.29 bits per heavy atom. The van der Waals surface area contributed by atoms with Crippen LogP contribution in [0.2, 0.25) is 0 Å². The summed E-state index contributed by atoms with van der Waals surface area (Å²) in [5, 5.41) is 0. The third-order valence-corrected chi connectivity index (χ3v) is 14.4. The lowest BCUT2D eigenvalue weighted by Gasteiger charge is -2.23. The predicted octanol–water partition coefficient (Wildman–Crippen LogP) is 9.04. The van der Waals surface area contributed by atoms with Gasteiger partial charge in [0.05, 0.1) is 0 Å². The highest BCUT2D eigenvalue weighted by Gasteiger charge is 2.34. The lowest BCUT2D eigenvalue weighted by Crippen LogP contribution is -1.93. The van der Waals surface area contributed by atoms with Gasteiger partial charge in [0.25, 0.3) is 11.8 Å². The summed E-state index contributed by atoms with van der Waals surface area (Å²) in [7, 11) is 0. The number of nitrogens with zero attached hydrogens (tertiary/aromatic N) is 3. The molecule has 0 amide bonds. The Kier molecular flexibility index (Phi) is 5.49. The zero-order chi connectivity index (χ0) is 16.1. The molecule has 0 radical (unpaired) electrons. The van der Waals surface area contributed by atoms with E-state index in [1.807, 2.05) is 32.9 Å². The molecular weight excluding hydrogens is 436 g/mol. The molecule has 1 heterocycles. The first-order chi connectivity index (χ1) is 9.41. The van der Waals surface area contributed by atoms with Gasteiger partial charge in [0, 0.05) is 0 Å². The molecule has 2 rings (SSSR count). The van der Waals surface area contributed by atoms with Crippen molar-refractivity contribution in [1.29, 1.82) is 0 Å². The van der Waals surface area contributed by atoms with E-state index in [9.17, 15) is 0 Å². The van der Waals surface area contributed by atoms with Crippen LogP contribution in [0.15, 0.2) is 25.7 Å². The Morgan fingerprint density at radius 3 is 1.76 bits per heavy atom. The first kappa shape index (κ1) is 18.5. The summed E-state index contributed by atoms with van der Waals surface area (Å²) >= 11 is 30.4. The summed E-state index contributed by atoms with van der Waals surface area (Å²) < 4.78 is 17.8. The van der Waals surface area contributed by atoms with Crippen LogP contribution in [0.5, 0.6) is 5.75 Å². The maximum absolute atomic E-state index is 6.38. The fourth-order valence-corrected chi connectivity index (χ4v) is 18.6. The van der Waals surface area contributed by atoms with Gasteiger partial charge in [0.2, 0.25) is 0 Å². The molecule has 12 heteroatoms. The summed E-state index contributed by atoms with van der Waals surface area (Å²) in [4.78, 5) is 0. The third-order valence-electron chi connectivity index (χ3n) is 2.46. The Balaban J connectivity index is 2.57. The molecule has 1 aromatic carbocycles. The molecule has 118 valence electrons. The standard InChI is InChI=1S/C9H11Cl5N3OP3/c1-6-4-7(2)9(8(3)5-6)18-21(14)16-19(10,11)15-20(12,13)17-21/h4-5H,1-3H3. The van der Waals surface area contributed by atoms with Crippen molar-refractivity contribution >= 4 is 74.8 Å². The van der Waals surface area contributed by atoms with E-state index in [0.29, 0.717) is 5.75 Å². The molecule has 0 saturated heterocycles. The van der Waals surface area contributed by atoms with Gasteiger partial charge in [-0.2, -0.15) is 13.5 Å². The minimum atomic E-state index is -3.20. The normalized spacial score (nSPS) is 26.3. The van der Waals surface area contributed by atoms with Crippen LogP contribution in [0, 0.1) is 20.8 Å². The van der Waals surface area contributed by atoms with Crippen LogP contribution >= 0.6 is 74.8 Å². The van der Waals surface area contributed by atoms with Crippen molar-refractivity contribution in [3.8, 4) is 5.75 Å². The van der Waals surface area contributed by atoms with Crippen molar-refractivity contribution in [1.82, 2.24) is 0 Å². The lowest BCUT2D eigenvalue weighted by atomic mass is 10.1. The zero-order valence-electron chi connectivity index (χ0n) is 11.1. The molecule has 0 aliphatic carbocycles. The lowest BCUT2D eigenvalue weighted by molar-refractivity contribution is 0.607. The molecule has 21 heavy (non-hydrogen) atoms. The van der Waals surface area contributed by atoms with Crippen LogP contribution < -0.4 is 4.52 Å². The number of halogens is 5. The molecule has 1 unspecified atom stereocenters. The molecule has 1 atom stereocenters. The van der Waals surface area contributed by atoms with Crippen LogP contribution in [0.1, 0.15) is 16.7 Å². The molecule has 1 aliphatic rings. The maximum atomic E-state index is 6.38. The van der Waals surface area contributed by atoms with Crippen LogP contribution in [0.3, 0.4) is 0 Å². The molecular formula is C9H11Cl5N3OP3. The molecule has 0 bridgehead atoms. The fraction of sp³-hybridized carbons (Fsp3) is 0.333. The van der Waals surface area contributed by atoms with Crippen LogP contribution in [-0.4, -0.2) is 0 Å². The van der Waals surface area contributed by atoms with E-state index >= 15 is 0 Å². The van der Waals surface area contributed by atoms with E-state index in [0.717, 1.165) is 16.7 Å². The summed E-state index contributed by atoms with van der Waals surface area (Å²) in [5.41, 5.74) is 2.92. The highest BCUT2D eigenvalue weighted by molar-refractivity contribution is 8.22. The van der Waals surface area contributed by atoms with E-state index in [-0.39, 0.29) is 0 Å². The zero-order valence-corrected chi connectivity index (χ0v) is 17.6. The highest BCUT2D eigenvalue weighted by atomic mass is 35.9. The molecule has 0 saturated carbocycles. The van der Waals surface area contributed by atoms with Crippen molar-refractivity contribution in [2.75, 3.05) is 0 Å². The SMILES string of the molecule is Cc1cc(C)c(OP2(Cl)=NP(Cl)(Cl)=NP(Cl)(Cl)=N2)c(C)c1. The average molecular weight is 447 g/mol. The van der Waals surface area contributed by atoms with Gasteiger partial charge in [-0.1, -0.05) is 17.7 Å². The van der Waals surface area contributed by atoms with Crippen LogP contribution in [0.4, 0.5) is 0 Å². The largest absolute Gasteiger partial charge is 0.430 e. The summed E-state index contributed by atoms with van der Waals surface area (Å²) in [6, 6.07) is 3.93. The van der Waals surface area contributed by atoms with Gasteiger partial charge in [-0.25, -0.2) is 0 Å². The van der Waals surface area contributed by atoms with Crippen LogP contribution in [0.25, 0.3) is 0 Å². The first-order valence-electron chi connectivity index (χ1n) is 5.59. The smallest absolute Gasteiger partial charge is 0.350 e. The minimum absolute atomic E-state index is 0.583. The van der Waals surface area contributed by atoms with Gasteiger partial charge in [-0.15, -0.1) is 0 Å². The second-order valence-electron chi connectivity index (χ2n) is 4.47. The Labute approximate surface area is 147 Å². The monoisotopic (exact) mass is 445 g/mol. The highest BCUT2D eigenvalue weighted by Crippen LogP contribution is 2.86. The molecule has 1 aromatic rings. The van der Waals surface area contributed by atoms with Crippen molar-refractivity contribution in [2.45, 2.75) is 20.8 Å². The van der Waals surface area contributed by atoms with Gasteiger partial charge >= 0.3 is 6.78 Å². The molecule has 0 N–H and O–H groups in total. The van der Waals surface area contributed by atoms with Crippen molar-refractivity contribution in [3.05, 3.63) is 28.8 Å². The Morgan fingerprint density at radius 1 is 0.810 bits per heavy atom. The maximum Gasteiger partial charge on any atom is 0.350 e.